The van der Waals surface area contributed by atoms with Crippen molar-refractivity contribution in [2.75, 3.05) is 17.3 Å². The van der Waals surface area contributed by atoms with Crippen LogP contribution in [0.4, 0.5) is 10.1 Å². The number of amides is 1. The van der Waals surface area contributed by atoms with Crippen LogP contribution in [0, 0.1) is 11.7 Å². The summed E-state index contributed by atoms with van der Waals surface area (Å²) < 4.78 is 13.5. The number of anilines is 1. The fourth-order valence-electron chi connectivity index (χ4n) is 1.72. The van der Waals surface area contributed by atoms with Gasteiger partial charge in [0.1, 0.15) is 10.4 Å². The first-order chi connectivity index (χ1) is 7.61. The third-order valence-electron chi connectivity index (χ3n) is 2.50. The van der Waals surface area contributed by atoms with Crippen LogP contribution in [0.15, 0.2) is 16.9 Å². The van der Waals surface area contributed by atoms with Crippen LogP contribution in [0.3, 0.4) is 0 Å². The number of alkyl halides is 1. The topological polar surface area (TPSA) is 33.2 Å². The van der Waals surface area contributed by atoms with E-state index in [-0.39, 0.29) is 11.8 Å². The Morgan fingerprint density at radius 1 is 1.69 bits per heavy atom. The monoisotopic (exact) mass is 306 g/mol. The Hall–Kier alpha value is -0.680. The van der Waals surface area contributed by atoms with Crippen molar-refractivity contribution in [2.45, 2.75) is 6.42 Å². The molecular formula is C10H9BrClFN2O. The van der Waals surface area contributed by atoms with Gasteiger partial charge in [-0.05, 0) is 21.8 Å². The van der Waals surface area contributed by atoms with E-state index < -0.39 is 5.82 Å². The van der Waals surface area contributed by atoms with Crippen LogP contribution in [0.1, 0.15) is 6.42 Å². The van der Waals surface area contributed by atoms with Gasteiger partial charge in [-0.2, -0.15) is 0 Å². The highest BCUT2D eigenvalue weighted by Crippen LogP contribution is 2.30. The van der Waals surface area contributed by atoms with Gasteiger partial charge in [-0.25, -0.2) is 9.37 Å². The van der Waals surface area contributed by atoms with E-state index in [1.165, 1.54) is 11.0 Å². The van der Waals surface area contributed by atoms with Gasteiger partial charge in [-0.1, -0.05) is 0 Å². The Bertz CT molecular complexity index is 429. The Balaban J connectivity index is 2.30. The van der Waals surface area contributed by atoms with Crippen molar-refractivity contribution < 1.29 is 9.18 Å². The summed E-state index contributed by atoms with van der Waals surface area (Å²) in [6, 6.07) is 1.30. The van der Waals surface area contributed by atoms with Gasteiger partial charge < -0.3 is 4.90 Å². The number of hydrogen-bond donors (Lipinski definition) is 0. The predicted octanol–water partition coefficient (Wildman–Crippen LogP) is 2.57. The van der Waals surface area contributed by atoms with Crippen molar-refractivity contribution in [3.63, 3.8) is 0 Å². The normalized spacial score (nSPS) is 20.6. The maximum Gasteiger partial charge on any atom is 0.227 e. The molecule has 0 radical (unpaired) electrons. The van der Waals surface area contributed by atoms with Crippen molar-refractivity contribution in [2.24, 2.45) is 5.92 Å². The molecule has 1 aromatic heterocycles. The van der Waals surface area contributed by atoms with E-state index in [0.717, 1.165) is 6.20 Å². The molecule has 16 heavy (non-hydrogen) atoms. The zero-order valence-electron chi connectivity index (χ0n) is 8.29. The summed E-state index contributed by atoms with van der Waals surface area (Å²) >= 11 is 8.92. The zero-order valence-corrected chi connectivity index (χ0v) is 10.6. The average Bonchev–Trinajstić information content (AvgIpc) is 2.63. The average molecular weight is 308 g/mol. The molecule has 0 bridgehead atoms. The number of rotatable bonds is 2. The molecule has 0 spiro atoms. The van der Waals surface area contributed by atoms with Gasteiger partial charge in [0, 0.05) is 24.9 Å². The van der Waals surface area contributed by atoms with Crippen LogP contribution in [-0.4, -0.2) is 23.3 Å². The van der Waals surface area contributed by atoms with Crippen molar-refractivity contribution in [3.8, 4) is 0 Å². The summed E-state index contributed by atoms with van der Waals surface area (Å²) in [5, 5.41) is 0. The number of carbonyl (C=O) groups is 1. The van der Waals surface area contributed by atoms with Gasteiger partial charge in [0.2, 0.25) is 5.91 Å². The van der Waals surface area contributed by atoms with Gasteiger partial charge in [0.15, 0.2) is 0 Å². The lowest BCUT2D eigenvalue weighted by atomic mass is 10.1. The van der Waals surface area contributed by atoms with E-state index in [4.69, 9.17) is 11.6 Å². The number of aromatic nitrogens is 1. The minimum absolute atomic E-state index is 0.0428. The van der Waals surface area contributed by atoms with Gasteiger partial charge in [-0.3, -0.25) is 4.79 Å². The van der Waals surface area contributed by atoms with Gasteiger partial charge >= 0.3 is 0 Å². The SMILES string of the molecule is O=C1CC(CCl)CN1c1cc(F)cnc1Br. The van der Waals surface area contributed by atoms with E-state index in [2.05, 4.69) is 20.9 Å². The molecule has 86 valence electrons. The molecule has 0 aromatic carbocycles. The first-order valence-electron chi connectivity index (χ1n) is 4.79. The Labute approximate surface area is 106 Å². The van der Waals surface area contributed by atoms with E-state index in [9.17, 15) is 9.18 Å². The molecule has 1 fully saturated rings. The van der Waals surface area contributed by atoms with Crippen molar-refractivity contribution in [3.05, 3.63) is 22.7 Å². The molecule has 1 amide bonds. The molecule has 1 aliphatic heterocycles. The molecule has 0 saturated carbocycles. The molecule has 1 atom stereocenters. The predicted molar refractivity (Wildman–Crippen MR) is 63.1 cm³/mol. The molecule has 1 unspecified atom stereocenters. The standard InChI is InChI=1S/C10H9BrClFN2O/c11-10-8(2-7(13)4-14-10)15-5-6(3-12)1-9(15)16/h2,4,6H,1,3,5H2. The van der Waals surface area contributed by atoms with Crippen LogP contribution in [-0.2, 0) is 4.79 Å². The number of carbonyl (C=O) groups excluding carboxylic acids is 1. The molecule has 0 aliphatic carbocycles. The second-order valence-corrected chi connectivity index (χ2v) is 4.75. The molecule has 1 aromatic rings. The van der Waals surface area contributed by atoms with Gasteiger partial charge in [0.25, 0.3) is 0 Å². The highest BCUT2D eigenvalue weighted by atomic mass is 79.9. The minimum atomic E-state index is -0.458. The van der Waals surface area contributed by atoms with E-state index in [1.807, 2.05) is 0 Å². The molecular weight excluding hydrogens is 298 g/mol. The Morgan fingerprint density at radius 2 is 2.44 bits per heavy atom. The van der Waals surface area contributed by atoms with Crippen LogP contribution in [0.2, 0.25) is 0 Å². The lowest BCUT2D eigenvalue weighted by Gasteiger charge is -2.17. The fraction of sp³-hybridized carbons (Fsp3) is 0.400. The molecule has 3 nitrogen and oxygen atoms in total. The van der Waals surface area contributed by atoms with Crippen LogP contribution < -0.4 is 4.90 Å². The second-order valence-electron chi connectivity index (χ2n) is 3.69. The number of halogens is 3. The Kier molecular flexibility index (Phi) is 3.44. The van der Waals surface area contributed by atoms with Crippen molar-refractivity contribution in [1.82, 2.24) is 4.98 Å². The molecule has 6 heteroatoms. The summed E-state index contributed by atoms with van der Waals surface area (Å²) in [5.74, 6) is 0.0613. The highest BCUT2D eigenvalue weighted by Gasteiger charge is 2.31. The Morgan fingerprint density at radius 3 is 3.06 bits per heavy atom. The van der Waals surface area contributed by atoms with Crippen molar-refractivity contribution in [1.29, 1.82) is 0 Å². The minimum Gasteiger partial charge on any atom is -0.309 e. The quantitative estimate of drug-likeness (QED) is 0.621. The molecule has 0 N–H and O–H groups in total. The molecule has 2 heterocycles. The highest BCUT2D eigenvalue weighted by molar-refractivity contribution is 9.10. The smallest absolute Gasteiger partial charge is 0.227 e. The van der Waals surface area contributed by atoms with E-state index in [0.29, 0.717) is 29.1 Å². The molecule has 1 saturated heterocycles. The lowest BCUT2D eigenvalue weighted by molar-refractivity contribution is -0.117. The van der Waals surface area contributed by atoms with Gasteiger partial charge in [-0.15, -0.1) is 11.6 Å². The third kappa shape index (κ3) is 2.20. The fourth-order valence-corrected chi connectivity index (χ4v) is 2.36. The number of hydrogen-bond acceptors (Lipinski definition) is 2. The molecule has 2 rings (SSSR count). The summed E-state index contributed by atoms with van der Waals surface area (Å²) in [5.41, 5.74) is 0.470. The number of pyridine rings is 1. The maximum absolute atomic E-state index is 13.1. The van der Waals surface area contributed by atoms with E-state index >= 15 is 0 Å². The maximum atomic E-state index is 13.1. The summed E-state index contributed by atoms with van der Waals surface area (Å²) in [4.78, 5) is 17.0. The first kappa shape index (κ1) is 11.8. The third-order valence-corrected chi connectivity index (χ3v) is 3.55. The van der Waals surface area contributed by atoms with Crippen LogP contribution in [0.5, 0.6) is 0 Å². The number of nitrogens with zero attached hydrogens (tertiary/aromatic N) is 2. The van der Waals surface area contributed by atoms with Crippen molar-refractivity contribution >= 4 is 39.1 Å². The van der Waals surface area contributed by atoms with Crippen LogP contribution in [0.25, 0.3) is 0 Å². The van der Waals surface area contributed by atoms with Gasteiger partial charge in [0.05, 0.1) is 11.9 Å². The molecule has 1 aliphatic rings. The summed E-state index contributed by atoms with van der Waals surface area (Å²) in [6.07, 6.45) is 1.51. The largest absolute Gasteiger partial charge is 0.309 e. The first-order valence-corrected chi connectivity index (χ1v) is 6.12. The zero-order chi connectivity index (χ0) is 11.7. The van der Waals surface area contributed by atoms with E-state index in [1.54, 1.807) is 0 Å². The summed E-state index contributed by atoms with van der Waals surface area (Å²) in [6.45, 7) is 0.520. The second kappa shape index (κ2) is 4.67. The summed E-state index contributed by atoms with van der Waals surface area (Å²) in [7, 11) is 0. The van der Waals surface area contributed by atoms with Crippen LogP contribution >= 0.6 is 27.5 Å². The lowest BCUT2D eigenvalue weighted by Crippen LogP contribution is -2.25.